The molecule has 4 heteroatoms. The Labute approximate surface area is 124 Å². The first kappa shape index (κ1) is 12.9. The first-order chi connectivity index (χ1) is 9.63. The maximum atomic E-state index is 12.1. The molecule has 0 aliphatic heterocycles. The number of nitrogens with two attached hydrogens (primary N) is 1. The Hall–Kier alpha value is -2.07. The molecule has 0 bridgehead atoms. The Balaban J connectivity index is 2.15. The summed E-state index contributed by atoms with van der Waals surface area (Å²) in [5.41, 5.74) is 8.44. The summed E-state index contributed by atoms with van der Waals surface area (Å²) in [5, 5.41) is 1.05. The van der Waals surface area contributed by atoms with Gasteiger partial charge in [-0.2, -0.15) is 0 Å². The number of anilines is 1. The fourth-order valence-corrected chi connectivity index (χ4v) is 2.91. The number of para-hydroxylation sites is 1. The molecule has 1 heterocycles. The maximum absolute atomic E-state index is 12.1. The Kier molecular flexibility index (Phi) is 3.32. The summed E-state index contributed by atoms with van der Waals surface area (Å²) >= 11 is 3.43. The van der Waals surface area contributed by atoms with E-state index in [1.54, 1.807) is 10.6 Å². The SMILES string of the molecule is Nc1cc(Br)cc(Cn2c(=O)ccc3ccccc32)c1. The molecule has 0 saturated carbocycles. The molecule has 2 N–H and O–H groups in total. The predicted molar refractivity (Wildman–Crippen MR) is 85.9 cm³/mol. The van der Waals surface area contributed by atoms with Gasteiger partial charge in [0.15, 0.2) is 0 Å². The van der Waals surface area contributed by atoms with Gasteiger partial charge in [0.05, 0.1) is 12.1 Å². The van der Waals surface area contributed by atoms with E-state index in [0.717, 1.165) is 20.9 Å². The van der Waals surface area contributed by atoms with Crippen LogP contribution in [0.2, 0.25) is 0 Å². The molecule has 0 spiro atoms. The molecule has 0 fully saturated rings. The second kappa shape index (κ2) is 5.13. The van der Waals surface area contributed by atoms with Gasteiger partial charge in [0.1, 0.15) is 0 Å². The number of aromatic nitrogens is 1. The minimum absolute atomic E-state index is 0.0118. The smallest absolute Gasteiger partial charge is 0.251 e. The van der Waals surface area contributed by atoms with Gasteiger partial charge in [-0.15, -0.1) is 0 Å². The summed E-state index contributed by atoms with van der Waals surface area (Å²) in [6.07, 6.45) is 0. The molecule has 3 rings (SSSR count). The lowest BCUT2D eigenvalue weighted by Crippen LogP contribution is -2.19. The molecule has 0 aliphatic carbocycles. The van der Waals surface area contributed by atoms with Crippen LogP contribution in [0.1, 0.15) is 5.56 Å². The topological polar surface area (TPSA) is 48.0 Å². The Morgan fingerprint density at radius 2 is 1.85 bits per heavy atom. The zero-order valence-electron chi connectivity index (χ0n) is 10.7. The third-order valence-corrected chi connectivity index (χ3v) is 3.68. The lowest BCUT2D eigenvalue weighted by atomic mass is 10.1. The van der Waals surface area contributed by atoms with Crippen molar-refractivity contribution in [1.82, 2.24) is 4.57 Å². The normalized spacial score (nSPS) is 10.8. The Morgan fingerprint density at radius 3 is 2.65 bits per heavy atom. The minimum atomic E-state index is -0.0118. The number of nitrogens with zero attached hydrogens (tertiary/aromatic N) is 1. The third kappa shape index (κ3) is 2.47. The molecule has 0 amide bonds. The first-order valence-corrected chi connectivity index (χ1v) is 7.06. The number of hydrogen-bond acceptors (Lipinski definition) is 2. The van der Waals surface area contributed by atoms with Crippen LogP contribution in [0.4, 0.5) is 5.69 Å². The summed E-state index contributed by atoms with van der Waals surface area (Å²) in [5.74, 6) is 0. The molecule has 20 heavy (non-hydrogen) atoms. The van der Waals surface area contributed by atoms with Gasteiger partial charge in [0, 0.05) is 16.2 Å². The van der Waals surface area contributed by atoms with Crippen molar-refractivity contribution >= 4 is 32.5 Å². The molecule has 0 atom stereocenters. The summed E-state index contributed by atoms with van der Waals surface area (Å²) in [6.45, 7) is 0.504. The van der Waals surface area contributed by atoms with E-state index in [1.807, 2.05) is 48.5 Å². The van der Waals surface area contributed by atoms with Gasteiger partial charge in [-0.25, -0.2) is 0 Å². The van der Waals surface area contributed by atoms with Gasteiger partial charge in [0.2, 0.25) is 0 Å². The highest BCUT2D eigenvalue weighted by molar-refractivity contribution is 9.10. The molecule has 3 nitrogen and oxygen atoms in total. The molecule has 0 saturated heterocycles. The summed E-state index contributed by atoms with van der Waals surface area (Å²) < 4.78 is 2.68. The zero-order valence-corrected chi connectivity index (χ0v) is 12.3. The van der Waals surface area contributed by atoms with Crippen molar-refractivity contribution < 1.29 is 0 Å². The predicted octanol–water partition coefficient (Wildman–Crippen LogP) is 3.39. The number of pyridine rings is 1. The summed E-state index contributed by atoms with van der Waals surface area (Å²) in [6, 6.07) is 17.0. The van der Waals surface area contributed by atoms with E-state index in [2.05, 4.69) is 15.9 Å². The number of fused-ring (bicyclic) bond motifs is 1. The van der Waals surface area contributed by atoms with Crippen LogP contribution in [-0.4, -0.2) is 4.57 Å². The van der Waals surface area contributed by atoms with Crippen LogP contribution in [0, 0.1) is 0 Å². The van der Waals surface area contributed by atoms with Crippen LogP contribution in [0.15, 0.2) is 63.9 Å². The molecule has 2 aromatic carbocycles. The highest BCUT2D eigenvalue weighted by atomic mass is 79.9. The van der Waals surface area contributed by atoms with E-state index >= 15 is 0 Å². The Morgan fingerprint density at radius 1 is 1.05 bits per heavy atom. The highest BCUT2D eigenvalue weighted by Crippen LogP contribution is 2.19. The number of benzene rings is 2. The van der Waals surface area contributed by atoms with Gasteiger partial charge in [-0.1, -0.05) is 34.1 Å². The monoisotopic (exact) mass is 328 g/mol. The van der Waals surface area contributed by atoms with E-state index in [4.69, 9.17) is 5.73 Å². The second-order valence-corrected chi connectivity index (χ2v) is 5.63. The van der Waals surface area contributed by atoms with Crippen LogP contribution in [-0.2, 0) is 6.54 Å². The van der Waals surface area contributed by atoms with E-state index in [0.29, 0.717) is 12.2 Å². The van der Waals surface area contributed by atoms with Crippen molar-refractivity contribution in [3.63, 3.8) is 0 Å². The van der Waals surface area contributed by atoms with Crippen molar-refractivity contribution in [1.29, 1.82) is 0 Å². The average molecular weight is 329 g/mol. The fraction of sp³-hybridized carbons (Fsp3) is 0.0625. The summed E-state index contributed by atoms with van der Waals surface area (Å²) in [4.78, 5) is 12.1. The molecule has 0 unspecified atom stereocenters. The second-order valence-electron chi connectivity index (χ2n) is 4.71. The number of halogens is 1. The van der Waals surface area contributed by atoms with Crippen LogP contribution in [0.3, 0.4) is 0 Å². The first-order valence-electron chi connectivity index (χ1n) is 6.27. The molecule has 1 aromatic heterocycles. The molecule has 3 aromatic rings. The number of rotatable bonds is 2. The van der Waals surface area contributed by atoms with E-state index in [1.165, 1.54) is 0 Å². The molecule has 0 aliphatic rings. The van der Waals surface area contributed by atoms with Crippen molar-refractivity contribution in [2.75, 3.05) is 5.73 Å². The zero-order chi connectivity index (χ0) is 14.1. The van der Waals surface area contributed by atoms with Crippen molar-refractivity contribution in [3.8, 4) is 0 Å². The summed E-state index contributed by atoms with van der Waals surface area (Å²) in [7, 11) is 0. The van der Waals surface area contributed by atoms with Gasteiger partial charge in [0.25, 0.3) is 5.56 Å². The van der Waals surface area contributed by atoms with E-state index < -0.39 is 0 Å². The molecular weight excluding hydrogens is 316 g/mol. The number of nitrogen functional groups attached to an aromatic ring is 1. The molecular formula is C16H13BrN2O. The Bertz CT molecular complexity index is 819. The molecule has 100 valence electrons. The van der Waals surface area contributed by atoms with Crippen LogP contribution in [0.5, 0.6) is 0 Å². The van der Waals surface area contributed by atoms with Gasteiger partial charge in [-0.3, -0.25) is 4.79 Å². The molecule has 0 radical (unpaired) electrons. The lowest BCUT2D eigenvalue weighted by Gasteiger charge is -2.11. The maximum Gasteiger partial charge on any atom is 0.251 e. The lowest BCUT2D eigenvalue weighted by molar-refractivity contribution is 0.794. The fourth-order valence-electron chi connectivity index (χ4n) is 2.36. The van der Waals surface area contributed by atoms with Gasteiger partial charge in [-0.05, 0) is 41.3 Å². The minimum Gasteiger partial charge on any atom is -0.399 e. The van der Waals surface area contributed by atoms with Gasteiger partial charge < -0.3 is 10.3 Å². The van der Waals surface area contributed by atoms with Crippen molar-refractivity contribution in [3.05, 3.63) is 75.0 Å². The number of hydrogen-bond donors (Lipinski definition) is 1. The van der Waals surface area contributed by atoms with Crippen molar-refractivity contribution in [2.45, 2.75) is 6.54 Å². The van der Waals surface area contributed by atoms with Crippen LogP contribution < -0.4 is 11.3 Å². The largest absolute Gasteiger partial charge is 0.399 e. The average Bonchev–Trinajstić information content (AvgIpc) is 2.41. The quantitative estimate of drug-likeness (QED) is 0.733. The van der Waals surface area contributed by atoms with Crippen LogP contribution in [0.25, 0.3) is 10.9 Å². The third-order valence-electron chi connectivity index (χ3n) is 3.22. The highest BCUT2D eigenvalue weighted by Gasteiger charge is 2.04. The van der Waals surface area contributed by atoms with E-state index in [-0.39, 0.29) is 5.56 Å². The van der Waals surface area contributed by atoms with Gasteiger partial charge >= 0.3 is 0 Å². The van der Waals surface area contributed by atoms with Crippen molar-refractivity contribution in [2.24, 2.45) is 0 Å². The van der Waals surface area contributed by atoms with Crippen LogP contribution >= 0.6 is 15.9 Å². The van der Waals surface area contributed by atoms with E-state index in [9.17, 15) is 4.79 Å². The standard InChI is InChI=1S/C16H13BrN2O/c17-13-7-11(8-14(18)9-13)10-19-15-4-2-1-3-12(15)5-6-16(19)20/h1-9H,10,18H2.